The summed E-state index contributed by atoms with van der Waals surface area (Å²) >= 11 is 0. The van der Waals surface area contributed by atoms with E-state index in [1.54, 1.807) is 17.8 Å². The van der Waals surface area contributed by atoms with Gasteiger partial charge in [-0.05, 0) is 19.8 Å². The number of carbonyl (C=O) groups excluding carboxylic acids is 1. The maximum absolute atomic E-state index is 11.8. The van der Waals surface area contributed by atoms with Crippen molar-refractivity contribution in [1.82, 2.24) is 29.5 Å². The zero-order chi connectivity index (χ0) is 19.0. The van der Waals surface area contributed by atoms with E-state index in [0.29, 0.717) is 29.0 Å². The van der Waals surface area contributed by atoms with Crippen LogP contribution in [-0.2, 0) is 11.3 Å². The molecule has 0 amide bonds. The van der Waals surface area contributed by atoms with Crippen LogP contribution < -0.4 is 4.74 Å². The smallest absolute Gasteiger partial charge is 0.341 e. The molecule has 1 aliphatic carbocycles. The van der Waals surface area contributed by atoms with Crippen LogP contribution in [0.3, 0.4) is 0 Å². The molecule has 10 nitrogen and oxygen atoms in total. The molecule has 10 heteroatoms. The second-order valence-corrected chi connectivity index (χ2v) is 6.65. The highest BCUT2D eigenvalue weighted by atomic mass is 16.5. The van der Waals surface area contributed by atoms with E-state index in [9.17, 15) is 9.90 Å². The van der Waals surface area contributed by atoms with Crippen molar-refractivity contribution in [2.75, 3.05) is 20.3 Å². The van der Waals surface area contributed by atoms with Crippen molar-refractivity contribution in [1.29, 1.82) is 0 Å². The zero-order valence-corrected chi connectivity index (χ0v) is 15.1. The summed E-state index contributed by atoms with van der Waals surface area (Å²) in [6.07, 6.45) is 6.68. The van der Waals surface area contributed by atoms with Gasteiger partial charge >= 0.3 is 5.97 Å². The topological polar surface area (TPSA) is 117 Å². The first kappa shape index (κ1) is 17.4. The highest BCUT2D eigenvalue weighted by Gasteiger charge is 2.42. The second kappa shape index (κ2) is 6.62. The van der Waals surface area contributed by atoms with Gasteiger partial charge in [-0.3, -0.25) is 4.68 Å². The third-order valence-electron chi connectivity index (χ3n) is 4.65. The molecule has 3 aromatic rings. The predicted octanol–water partition coefficient (Wildman–Crippen LogP) is 0.970. The summed E-state index contributed by atoms with van der Waals surface area (Å²) in [5.41, 5.74) is 1.36. The van der Waals surface area contributed by atoms with Gasteiger partial charge in [0.25, 0.3) is 5.95 Å². The van der Waals surface area contributed by atoms with E-state index in [2.05, 4.69) is 20.2 Å². The number of aromatic nitrogens is 6. The van der Waals surface area contributed by atoms with Crippen molar-refractivity contribution < 1.29 is 19.4 Å². The van der Waals surface area contributed by atoms with Gasteiger partial charge in [-0.15, -0.1) is 0 Å². The molecule has 3 heterocycles. The molecule has 0 aliphatic heterocycles. The minimum Gasteiger partial charge on any atom is -0.479 e. The number of nitrogens with zero attached hydrogens (tertiary/aromatic N) is 6. The Morgan fingerprint density at radius 1 is 1.33 bits per heavy atom. The Kier molecular flexibility index (Phi) is 4.27. The molecule has 0 bridgehead atoms. The number of esters is 1. The zero-order valence-electron chi connectivity index (χ0n) is 15.1. The van der Waals surface area contributed by atoms with Crippen LogP contribution in [0, 0.1) is 5.41 Å². The Hall–Kier alpha value is -3.01. The molecular weight excluding hydrogens is 352 g/mol. The molecule has 0 saturated heterocycles. The van der Waals surface area contributed by atoms with Crippen molar-refractivity contribution in [2.45, 2.75) is 26.3 Å². The molecule has 0 aromatic carbocycles. The highest BCUT2D eigenvalue weighted by Crippen LogP contribution is 2.46. The lowest BCUT2D eigenvalue weighted by Crippen LogP contribution is -2.15. The number of aliphatic hydroxyl groups excluding tert-OH is 1. The molecule has 0 atom stereocenters. The lowest BCUT2D eigenvalue weighted by molar-refractivity contribution is 0.0526. The Morgan fingerprint density at radius 3 is 2.81 bits per heavy atom. The Bertz CT molecular complexity index is 991. The first-order valence-electron chi connectivity index (χ1n) is 8.70. The Balaban J connectivity index is 1.69. The molecule has 1 saturated carbocycles. The number of carbonyl (C=O) groups is 1. The number of fused-ring (bicyclic) bond motifs is 1. The quantitative estimate of drug-likeness (QED) is 0.610. The summed E-state index contributed by atoms with van der Waals surface area (Å²) in [7, 11) is 1.51. The fourth-order valence-electron chi connectivity index (χ4n) is 2.89. The highest BCUT2D eigenvalue weighted by molar-refractivity contribution is 5.88. The van der Waals surface area contributed by atoms with E-state index in [1.807, 2.05) is 0 Å². The molecule has 1 fully saturated rings. The normalized spacial score (nSPS) is 15.1. The van der Waals surface area contributed by atoms with Crippen molar-refractivity contribution in [3.63, 3.8) is 0 Å². The van der Waals surface area contributed by atoms with E-state index >= 15 is 0 Å². The van der Waals surface area contributed by atoms with Gasteiger partial charge in [-0.2, -0.15) is 15.2 Å². The number of rotatable bonds is 7. The molecule has 0 radical (unpaired) electrons. The fraction of sp³-hybridized carbons (Fsp3) is 0.471. The number of methoxy groups -OCH3 is 1. The van der Waals surface area contributed by atoms with Gasteiger partial charge < -0.3 is 14.6 Å². The van der Waals surface area contributed by atoms with Gasteiger partial charge in [-0.1, -0.05) is 0 Å². The molecular formula is C17H20N6O4. The van der Waals surface area contributed by atoms with Crippen LogP contribution in [0.4, 0.5) is 0 Å². The van der Waals surface area contributed by atoms with Gasteiger partial charge in [-0.25, -0.2) is 14.5 Å². The minimum absolute atomic E-state index is 0.0813. The van der Waals surface area contributed by atoms with Crippen LogP contribution in [0.1, 0.15) is 30.1 Å². The standard InChI is InChI=1S/C17H20N6O4/c1-3-27-15(25)11-6-18-23(7-11)16-19-12-8-22(9-17(10-24)4-5-17)21-13(12)14(20-16)26-2/h6-8,24H,3-5,9-10H2,1-2H3. The van der Waals surface area contributed by atoms with Crippen LogP contribution in [-0.4, -0.2) is 60.9 Å². The van der Waals surface area contributed by atoms with Gasteiger partial charge in [0.1, 0.15) is 5.52 Å². The number of hydrogen-bond acceptors (Lipinski definition) is 8. The summed E-state index contributed by atoms with van der Waals surface area (Å²) in [5.74, 6) is 0.122. The first-order chi connectivity index (χ1) is 13.1. The van der Waals surface area contributed by atoms with Crippen molar-refractivity contribution in [3.8, 4) is 11.8 Å². The van der Waals surface area contributed by atoms with Crippen LogP contribution in [0.5, 0.6) is 5.88 Å². The number of hydrogen-bond donors (Lipinski definition) is 1. The maximum atomic E-state index is 11.8. The molecule has 27 heavy (non-hydrogen) atoms. The third-order valence-corrected chi connectivity index (χ3v) is 4.65. The molecule has 0 unspecified atom stereocenters. The summed E-state index contributed by atoms with van der Waals surface area (Å²) in [4.78, 5) is 20.6. The average molecular weight is 372 g/mol. The fourth-order valence-corrected chi connectivity index (χ4v) is 2.89. The van der Waals surface area contributed by atoms with Gasteiger partial charge in [0.05, 0.1) is 38.3 Å². The van der Waals surface area contributed by atoms with E-state index in [1.165, 1.54) is 24.2 Å². The van der Waals surface area contributed by atoms with Crippen molar-refractivity contribution in [2.24, 2.45) is 5.41 Å². The van der Waals surface area contributed by atoms with Crippen LogP contribution >= 0.6 is 0 Å². The molecule has 1 aliphatic rings. The average Bonchev–Trinajstić information content (AvgIpc) is 3.07. The van der Waals surface area contributed by atoms with Crippen molar-refractivity contribution >= 4 is 17.0 Å². The molecule has 4 rings (SSSR count). The first-order valence-corrected chi connectivity index (χ1v) is 8.70. The Labute approximate surface area is 154 Å². The molecule has 142 valence electrons. The van der Waals surface area contributed by atoms with Gasteiger partial charge in [0.2, 0.25) is 5.88 Å². The number of aliphatic hydroxyl groups is 1. The van der Waals surface area contributed by atoms with Gasteiger partial charge in [0.15, 0.2) is 5.52 Å². The minimum atomic E-state index is -0.455. The lowest BCUT2D eigenvalue weighted by Gasteiger charge is -2.10. The molecule has 0 spiro atoms. The lowest BCUT2D eigenvalue weighted by atomic mass is 10.1. The van der Waals surface area contributed by atoms with E-state index < -0.39 is 5.97 Å². The number of ether oxygens (including phenoxy) is 2. The summed E-state index contributed by atoms with van der Waals surface area (Å²) in [6.45, 7) is 2.79. The largest absolute Gasteiger partial charge is 0.479 e. The van der Waals surface area contributed by atoms with Crippen LogP contribution in [0.25, 0.3) is 17.0 Å². The van der Waals surface area contributed by atoms with Crippen molar-refractivity contribution in [3.05, 3.63) is 24.2 Å². The van der Waals surface area contributed by atoms with Gasteiger partial charge in [0, 0.05) is 18.2 Å². The molecule has 3 aromatic heterocycles. The Morgan fingerprint density at radius 2 is 2.15 bits per heavy atom. The van der Waals surface area contributed by atoms with Crippen LogP contribution in [0.2, 0.25) is 0 Å². The van der Waals surface area contributed by atoms with E-state index in [0.717, 1.165) is 12.8 Å². The summed E-state index contributed by atoms with van der Waals surface area (Å²) in [5, 5.41) is 18.2. The summed E-state index contributed by atoms with van der Waals surface area (Å²) in [6, 6.07) is 0. The van der Waals surface area contributed by atoms with Crippen LogP contribution in [0.15, 0.2) is 18.6 Å². The molecule has 1 N–H and O–H groups in total. The monoisotopic (exact) mass is 372 g/mol. The SMILES string of the molecule is CCOC(=O)c1cnn(-c2nc(OC)c3nn(CC4(CO)CC4)cc3n2)c1. The maximum Gasteiger partial charge on any atom is 0.341 e. The van der Waals surface area contributed by atoms with E-state index in [4.69, 9.17) is 9.47 Å². The van der Waals surface area contributed by atoms with E-state index in [-0.39, 0.29) is 24.6 Å². The summed E-state index contributed by atoms with van der Waals surface area (Å²) < 4.78 is 13.5. The predicted molar refractivity (Wildman–Crippen MR) is 93.7 cm³/mol. The second-order valence-electron chi connectivity index (χ2n) is 6.65. The third kappa shape index (κ3) is 3.23.